The third kappa shape index (κ3) is 4.11. The van der Waals surface area contributed by atoms with Crippen LogP contribution in [0.5, 0.6) is 5.75 Å². The molecule has 2 aromatic rings. The van der Waals surface area contributed by atoms with E-state index in [1.165, 1.54) is 0 Å². The molecule has 3 rings (SSSR count). The van der Waals surface area contributed by atoms with Gasteiger partial charge in [0, 0.05) is 12.1 Å². The molecule has 2 aromatic carbocycles. The number of hydrogen-bond acceptors (Lipinski definition) is 3. The fourth-order valence-electron chi connectivity index (χ4n) is 2.88. The van der Waals surface area contributed by atoms with Gasteiger partial charge in [0.05, 0.1) is 12.3 Å². The molecule has 134 valence electrons. The third-order valence-corrected chi connectivity index (χ3v) is 4.21. The second-order valence-electron chi connectivity index (χ2n) is 5.86. The molecule has 0 spiro atoms. The summed E-state index contributed by atoms with van der Waals surface area (Å²) in [4.78, 5) is 12.5. The number of halogens is 2. The first kappa shape index (κ1) is 19.2. The first-order chi connectivity index (χ1) is 11.6. The molecule has 4 nitrogen and oxygen atoms in total. The number of hydrogen-bond donors (Lipinski definition) is 2. The number of aryl methyl sites for hydroxylation is 1. The van der Waals surface area contributed by atoms with Crippen LogP contribution in [0.25, 0.3) is 0 Å². The van der Waals surface area contributed by atoms with Crippen LogP contribution in [0.1, 0.15) is 34.0 Å². The van der Waals surface area contributed by atoms with E-state index in [1.54, 1.807) is 18.2 Å². The molecule has 0 aromatic heterocycles. The van der Waals surface area contributed by atoms with E-state index in [9.17, 15) is 9.18 Å². The Morgan fingerprint density at radius 1 is 1.32 bits per heavy atom. The van der Waals surface area contributed by atoms with Crippen molar-refractivity contribution in [3.05, 3.63) is 58.4 Å². The fraction of sp³-hybridized carbons (Fsp3) is 0.316. The second kappa shape index (κ2) is 8.32. The summed E-state index contributed by atoms with van der Waals surface area (Å²) in [7, 11) is 0. The highest BCUT2D eigenvalue weighted by Crippen LogP contribution is 2.26. The minimum absolute atomic E-state index is 0. The van der Waals surface area contributed by atoms with Crippen molar-refractivity contribution < 1.29 is 13.9 Å². The van der Waals surface area contributed by atoms with Crippen molar-refractivity contribution in [1.29, 1.82) is 0 Å². The van der Waals surface area contributed by atoms with E-state index in [2.05, 4.69) is 10.6 Å². The summed E-state index contributed by atoms with van der Waals surface area (Å²) in [5.41, 5.74) is 3.26. The summed E-state index contributed by atoms with van der Waals surface area (Å²) in [5, 5.41) is 5.89. The summed E-state index contributed by atoms with van der Waals surface area (Å²) >= 11 is 0. The monoisotopic (exact) mass is 364 g/mol. The number of amides is 1. The van der Waals surface area contributed by atoms with E-state index in [1.807, 2.05) is 26.0 Å². The molecule has 1 aliphatic rings. The minimum Gasteiger partial charge on any atom is -0.494 e. The quantitative estimate of drug-likeness (QED) is 0.866. The molecule has 25 heavy (non-hydrogen) atoms. The van der Waals surface area contributed by atoms with Gasteiger partial charge in [-0.05, 0) is 61.7 Å². The van der Waals surface area contributed by atoms with E-state index in [-0.39, 0.29) is 29.8 Å². The Bertz CT molecular complexity index is 780. The Labute approximate surface area is 153 Å². The molecule has 0 aliphatic carbocycles. The van der Waals surface area contributed by atoms with E-state index in [0.29, 0.717) is 36.4 Å². The van der Waals surface area contributed by atoms with Crippen LogP contribution in [0.3, 0.4) is 0 Å². The zero-order chi connectivity index (χ0) is 17.1. The number of nitrogens with one attached hydrogen (secondary N) is 2. The minimum atomic E-state index is -0.344. The smallest absolute Gasteiger partial charge is 0.255 e. The van der Waals surface area contributed by atoms with Gasteiger partial charge in [-0.3, -0.25) is 4.79 Å². The molecule has 1 aliphatic heterocycles. The van der Waals surface area contributed by atoms with Gasteiger partial charge in [-0.1, -0.05) is 12.1 Å². The van der Waals surface area contributed by atoms with Crippen LogP contribution in [0.15, 0.2) is 30.3 Å². The zero-order valence-corrected chi connectivity index (χ0v) is 15.1. The Morgan fingerprint density at radius 2 is 2.12 bits per heavy atom. The van der Waals surface area contributed by atoms with Crippen LogP contribution in [-0.2, 0) is 13.0 Å². The maximum absolute atomic E-state index is 14.6. The third-order valence-electron chi connectivity index (χ3n) is 4.21. The average Bonchev–Trinajstić information content (AvgIpc) is 2.59. The molecular weight excluding hydrogens is 343 g/mol. The topological polar surface area (TPSA) is 50.4 Å². The zero-order valence-electron chi connectivity index (χ0n) is 14.3. The number of benzene rings is 2. The van der Waals surface area contributed by atoms with Gasteiger partial charge in [0.2, 0.25) is 0 Å². The van der Waals surface area contributed by atoms with Crippen molar-refractivity contribution in [1.82, 2.24) is 5.32 Å². The van der Waals surface area contributed by atoms with E-state index < -0.39 is 0 Å². The van der Waals surface area contributed by atoms with Crippen molar-refractivity contribution in [2.45, 2.75) is 26.8 Å². The van der Waals surface area contributed by atoms with Gasteiger partial charge in [-0.2, -0.15) is 0 Å². The highest BCUT2D eigenvalue weighted by molar-refractivity contribution is 6.04. The van der Waals surface area contributed by atoms with E-state index >= 15 is 0 Å². The van der Waals surface area contributed by atoms with Crippen molar-refractivity contribution >= 4 is 24.0 Å². The maximum atomic E-state index is 14.6. The van der Waals surface area contributed by atoms with Gasteiger partial charge < -0.3 is 15.4 Å². The summed E-state index contributed by atoms with van der Waals surface area (Å²) in [6.07, 6.45) is 0.629. The predicted molar refractivity (Wildman–Crippen MR) is 99.4 cm³/mol. The Hall–Kier alpha value is -2.11. The van der Waals surface area contributed by atoms with Gasteiger partial charge >= 0.3 is 0 Å². The van der Waals surface area contributed by atoms with Gasteiger partial charge in [0.15, 0.2) is 0 Å². The molecule has 0 atom stereocenters. The summed E-state index contributed by atoms with van der Waals surface area (Å²) in [5.74, 6) is -0.00892. The van der Waals surface area contributed by atoms with Gasteiger partial charge in [-0.15, -0.1) is 12.4 Å². The summed E-state index contributed by atoms with van der Waals surface area (Å²) in [6, 6.07) is 8.72. The normalized spacial score (nSPS) is 12.8. The number of fused-ring (bicyclic) bond motifs is 1. The second-order valence-corrected chi connectivity index (χ2v) is 5.86. The number of carbonyl (C=O) groups excluding carboxylic acids is 1. The molecule has 0 saturated heterocycles. The van der Waals surface area contributed by atoms with Crippen molar-refractivity contribution in [2.24, 2.45) is 0 Å². The number of carbonyl (C=O) groups is 1. The van der Waals surface area contributed by atoms with Gasteiger partial charge in [0.1, 0.15) is 11.6 Å². The Morgan fingerprint density at radius 3 is 2.88 bits per heavy atom. The van der Waals surface area contributed by atoms with Gasteiger partial charge in [-0.25, -0.2) is 4.39 Å². The van der Waals surface area contributed by atoms with E-state index in [0.717, 1.165) is 17.7 Å². The van der Waals surface area contributed by atoms with Crippen LogP contribution in [0.4, 0.5) is 10.1 Å². The highest BCUT2D eigenvalue weighted by Gasteiger charge is 2.18. The van der Waals surface area contributed by atoms with E-state index in [4.69, 9.17) is 4.74 Å². The molecule has 0 radical (unpaired) electrons. The fourth-order valence-corrected chi connectivity index (χ4v) is 2.88. The highest BCUT2D eigenvalue weighted by atomic mass is 35.5. The first-order valence-electron chi connectivity index (χ1n) is 8.16. The van der Waals surface area contributed by atoms with Crippen molar-refractivity contribution in [3.63, 3.8) is 0 Å². The standard InChI is InChI=1S/C19H21FN2O2.ClH/c1-3-24-17-10-13(5-4-12(17)2)19(23)22-16-7-6-14-11-21-9-8-15(14)18(16)20;/h4-7,10,21H,3,8-9,11H2,1-2H3,(H,22,23);1H. The molecule has 1 amide bonds. The van der Waals surface area contributed by atoms with Crippen LogP contribution in [0.2, 0.25) is 0 Å². The Balaban J connectivity index is 0.00000225. The predicted octanol–water partition coefficient (Wildman–Crippen LogP) is 3.85. The van der Waals surface area contributed by atoms with Crippen LogP contribution in [-0.4, -0.2) is 19.1 Å². The molecule has 1 heterocycles. The van der Waals surface area contributed by atoms with Gasteiger partial charge in [0.25, 0.3) is 5.91 Å². The van der Waals surface area contributed by atoms with Crippen molar-refractivity contribution in [2.75, 3.05) is 18.5 Å². The lowest BCUT2D eigenvalue weighted by Crippen LogP contribution is -2.25. The van der Waals surface area contributed by atoms with Crippen molar-refractivity contribution in [3.8, 4) is 5.75 Å². The van der Waals surface area contributed by atoms with Crippen LogP contribution < -0.4 is 15.4 Å². The lowest BCUT2D eigenvalue weighted by molar-refractivity contribution is 0.102. The molecule has 0 bridgehead atoms. The Kier molecular flexibility index (Phi) is 6.39. The average molecular weight is 365 g/mol. The number of anilines is 1. The molecule has 6 heteroatoms. The van der Waals surface area contributed by atoms with Crippen LogP contribution in [0, 0.1) is 12.7 Å². The molecule has 2 N–H and O–H groups in total. The number of rotatable bonds is 4. The molecule has 0 saturated carbocycles. The number of ether oxygens (including phenoxy) is 1. The molecule has 0 fully saturated rings. The SMILES string of the molecule is CCOc1cc(C(=O)Nc2ccc3c(c2F)CCNC3)ccc1C.Cl. The molecule has 0 unspecified atom stereocenters. The van der Waals surface area contributed by atoms with Crippen LogP contribution >= 0.6 is 12.4 Å². The largest absolute Gasteiger partial charge is 0.494 e. The summed E-state index contributed by atoms with van der Waals surface area (Å²) < 4.78 is 20.1. The maximum Gasteiger partial charge on any atom is 0.255 e. The first-order valence-corrected chi connectivity index (χ1v) is 8.16. The summed E-state index contributed by atoms with van der Waals surface area (Å²) in [6.45, 7) is 5.75. The lowest BCUT2D eigenvalue weighted by atomic mass is 9.99. The lowest BCUT2D eigenvalue weighted by Gasteiger charge is -2.19. The molecular formula is C19H22ClFN2O2.